The van der Waals surface area contributed by atoms with E-state index in [0.29, 0.717) is 19.8 Å². The van der Waals surface area contributed by atoms with Gasteiger partial charge < -0.3 is 20.1 Å². The maximum Gasteiger partial charge on any atom is 0.191 e. The first kappa shape index (κ1) is 20.5. The molecule has 0 amide bonds. The Kier molecular flexibility index (Phi) is 12.8. The summed E-state index contributed by atoms with van der Waals surface area (Å²) in [6, 6.07) is 10.5. The van der Waals surface area contributed by atoms with Crippen LogP contribution in [-0.2, 0) is 15.9 Å². The molecule has 0 aromatic heterocycles. The first-order valence-electron chi connectivity index (χ1n) is 9.00. The summed E-state index contributed by atoms with van der Waals surface area (Å²) in [6.07, 6.45) is 4.44. The second-order valence-electron chi connectivity index (χ2n) is 5.59. The summed E-state index contributed by atoms with van der Waals surface area (Å²) in [5, 5.41) is 6.58. The molecule has 0 aliphatic carbocycles. The number of hydrogen-bond acceptors (Lipinski definition) is 3. The highest BCUT2D eigenvalue weighted by molar-refractivity contribution is 5.79. The van der Waals surface area contributed by atoms with Crippen molar-refractivity contribution in [3.05, 3.63) is 35.9 Å². The van der Waals surface area contributed by atoms with E-state index in [2.05, 4.69) is 46.8 Å². The maximum atomic E-state index is 5.52. The minimum Gasteiger partial charge on any atom is -0.379 e. The zero-order valence-corrected chi connectivity index (χ0v) is 15.2. The Morgan fingerprint density at radius 3 is 2.33 bits per heavy atom. The van der Waals surface area contributed by atoms with Crippen molar-refractivity contribution in [2.75, 3.05) is 46.6 Å². The van der Waals surface area contributed by atoms with Crippen LogP contribution in [0.15, 0.2) is 35.3 Å². The van der Waals surface area contributed by atoms with E-state index in [0.717, 1.165) is 44.9 Å². The molecule has 0 spiro atoms. The highest BCUT2D eigenvalue weighted by Crippen LogP contribution is 2.01. The molecule has 0 fully saturated rings. The first-order chi connectivity index (χ1) is 11.9. The third-order valence-corrected chi connectivity index (χ3v) is 3.55. The summed E-state index contributed by atoms with van der Waals surface area (Å²) in [7, 11) is 1.79. The highest BCUT2D eigenvalue weighted by atomic mass is 16.5. The molecule has 1 aromatic carbocycles. The van der Waals surface area contributed by atoms with Gasteiger partial charge in [-0.25, -0.2) is 0 Å². The summed E-state index contributed by atoms with van der Waals surface area (Å²) in [6.45, 7) is 6.61. The lowest BCUT2D eigenvalue weighted by Crippen LogP contribution is -2.39. The number of aliphatic imine (C=N–C) groups is 1. The van der Waals surface area contributed by atoms with Gasteiger partial charge in [0.2, 0.25) is 0 Å². The van der Waals surface area contributed by atoms with E-state index in [4.69, 9.17) is 9.47 Å². The molecule has 1 rings (SSSR count). The molecule has 0 aliphatic rings. The number of aryl methyl sites for hydroxylation is 1. The number of guanidine groups is 1. The molecule has 0 saturated carbocycles. The topological polar surface area (TPSA) is 54.9 Å². The minimum atomic E-state index is 0.647. The van der Waals surface area contributed by atoms with Crippen molar-refractivity contribution in [2.24, 2.45) is 4.99 Å². The van der Waals surface area contributed by atoms with Crippen LogP contribution in [0.2, 0.25) is 0 Å². The van der Waals surface area contributed by atoms with E-state index < -0.39 is 0 Å². The average Bonchev–Trinajstić information content (AvgIpc) is 2.63. The van der Waals surface area contributed by atoms with E-state index in [1.54, 1.807) is 7.05 Å². The zero-order valence-electron chi connectivity index (χ0n) is 15.2. The van der Waals surface area contributed by atoms with Crippen molar-refractivity contribution < 1.29 is 9.47 Å². The Morgan fingerprint density at radius 2 is 1.62 bits per heavy atom. The molecule has 136 valence electrons. The van der Waals surface area contributed by atoms with Gasteiger partial charge in [0.25, 0.3) is 0 Å². The second kappa shape index (κ2) is 15.0. The smallest absolute Gasteiger partial charge is 0.191 e. The highest BCUT2D eigenvalue weighted by Gasteiger charge is 1.97. The van der Waals surface area contributed by atoms with E-state index in [9.17, 15) is 0 Å². The quantitative estimate of drug-likeness (QED) is 0.330. The molecule has 24 heavy (non-hydrogen) atoms. The van der Waals surface area contributed by atoms with Gasteiger partial charge in [0, 0.05) is 26.7 Å². The number of ether oxygens (including phenoxy) is 2. The molecule has 2 N–H and O–H groups in total. The van der Waals surface area contributed by atoms with Crippen molar-refractivity contribution in [3.63, 3.8) is 0 Å². The molecule has 0 unspecified atom stereocenters. The van der Waals surface area contributed by atoms with Crippen LogP contribution in [-0.4, -0.2) is 52.5 Å². The second-order valence-corrected chi connectivity index (χ2v) is 5.59. The molecule has 0 saturated heterocycles. The molecule has 1 aromatic rings. The number of rotatable bonds is 13. The number of unbranched alkanes of at least 4 members (excludes halogenated alkanes) is 1. The van der Waals surface area contributed by atoms with Gasteiger partial charge in [-0.2, -0.15) is 0 Å². The summed E-state index contributed by atoms with van der Waals surface area (Å²) in [5.41, 5.74) is 1.37. The van der Waals surface area contributed by atoms with Crippen molar-refractivity contribution in [2.45, 2.75) is 32.6 Å². The zero-order chi connectivity index (χ0) is 17.3. The monoisotopic (exact) mass is 335 g/mol. The van der Waals surface area contributed by atoms with Crippen molar-refractivity contribution in [1.29, 1.82) is 0 Å². The number of nitrogens with one attached hydrogen (secondary N) is 2. The summed E-state index contributed by atoms with van der Waals surface area (Å²) < 4.78 is 11.0. The van der Waals surface area contributed by atoms with E-state index >= 15 is 0 Å². The molecule has 0 atom stereocenters. The lowest BCUT2D eigenvalue weighted by molar-refractivity contribution is 0.0487. The van der Waals surface area contributed by atoms with Gasteiger partial charge in [-0.05, 0) is 24.8 Å². The summed E-state index contributed by atoms with van der Waals surface area (Å²) in [5.74, 6) is 0.825. The van der Waals surface area contributed by atoms with E-state index in [1.807, 2.05) is 6.07 Å². The number of hydrogen-bond donors (Lipinski definition) is 2. The Morgan fingerprint density at radius 1 is 0.917 bits per heavy atom. The Balaban J connectivity index is 1.95. The van der Waals surface area contributed by atoms with Crippen LogP contribution in [0.1, 0.15) is 31.7 Å². The fraction of sp³-hybridized carbons (Fsp3) is 0.632. The fourth-order valence-electron chi connectivity index (χ4n) is 2.17. The van der Waals surface area contributed by atoms with Gasteiger partial charge >= 0.3 is 0 Å². The SMILES string of the molecule is CCCCOCCOCCNC(=NC)NCCCc1ccccc1. The van der Waals surface area contributed by atoms with E-state index in [-0.39, 0.29) is 0 Å². The minimum absolute atomic E-state index is 0.647. The molecule has 5 heteroatoms. The lowest BCUT2D eigenvalue weighted by atomic mass is 10.1. The van der Waals surface area contributed by atoms with Gasteiger partial charge in [0.1, 0.15) is 0 Å². The summed E-state index contributed by atoms with van der Waals surface area (Å²) >= 11 is 0. The predicted molar refractivity (Wildman–Crippen MR) is 101 cm³/mol. The van der Waals surface area contributed by atoms with Gasteiger partial charge in [0.15, 0.2) is 5.96 Å². The lowest BCUT2D eigenvalue weighted by Gasteiger charge is -2.12. The van der Waals surface area contributed by atoms with Crippen LogP contribution in [0.5, 0.6) is 0 Å². The van der Waals surface area contributed by atoms with Crippen LogP contribution in [0, 0.1) is 0 Å². The van der Waals surface area contributed by atoms with Gasteiger partial charge in [-0.15, -0.1) is 0 Å². The van der Waals surface area contributed by atoms with Crippen molar-refractivity contribution >= 4 is 5.96 Å². The fourth-order valence-corrected chi connectivity index (χ4v) is 2.17. The molecular weight excluding hydrogens is 302 g/mol. The van der Waals surface area contributed by atoms with Gasteiger partial charge in [0.05, 0.1) is 19.8 Å². The third kappa shape index (κ3) is 11.0. The van der Waals surface area contributed by atoms with E-state index in [1.165, 1.54) is 12.0 Å². The molecule has 5 nitrogen and oxygen atoms in total. The standard InChI is InChI=1S/C19H33N3O2/c1-3-4-14-23-16-17-24-15-13-22-19(20-2)21-12-8-11-18-9-6-5-7-10-18/h5-7,9-10H,3-4,8,11-17H2,1-2H3,(H2,20,21,22). The molecular formula is C19H33N3O2. The van der Waals surface area contributed by atoms with Gasteiger partial charge in [-0.1, -0.05) is 43.7 Å². The van der Waals surface area contributed by atoms with Crippen LogP contribution in [0.4, 0.5) is 0 Å². The summed E-state index contributed by atoms with van der Waals surface area (Å²) in [4.78, 5) is 4.21. The normalized spacial score (nSPS) is 11.5. The van der Waals surface area contributed by atoms with Gasteiger partial charge in [-0.3, -0.25) is 4.99 Å². The van der Waals surface area contributed by atoms with Crippen LogP contribution < -0.4 is 10.6 Å². The number of benzene rings is 1. The average molecular weight is 335 g/mol. The number of nitrogens with zero attached hydrogens (tertiary/aromatic N) is 1. The third-order valence-electron chi connectivity index (χ3n) is 3.55. The van der Waals surface area contributed by atoms with Crippen LogP contribution in [0.25, 0.3) is 0 Å². The molecule has 0 bridgehead atoms. The molecule has 0 radical (unpaired) electrons. The Bertz CT molecular complexity index is 424. The largest absolute Gasteiger partial charge is 0.379 e. The maximum absolute atomic E-state index is 5.52. The first-order valence-corrected chi connectivity index (χ1v) is 9.00. The predicted octanol–water partition coefficient (Wildman–Crippen LogP) is 2.62. The molecule has 0 aliphatic heterocycles. The van der Waals surface area contributed by atoms with Crippen LogP contribution >= 0.6 is 0 Å². The Labute approximate surface area is 146 Å². The van der Waals surface area contributed by atoms with Crippen LogP contribution in [0.3, 0.4) is 0 Å². The molecule has 0 heterocycles. The van der Waals surface area contributed by atoms with Crippen molar-refractivity contribution in [3.8, 4) is 0 Å². The van der Waals surface area contributed by atoms with Crippen molar-refractivity contribution in [1.82, 2.24) is 10.6 Å². The Hall–Kier alpha value is -1.59.